The Morgan fingerprint density at radius 3 is 2.80 bits per heavy atom. The molecule has 0 saturated carbocycles. The number of carbonyl (C=O) groups is 2. The maximum atomic E-state index is 12.2. The number of ether oxygens (including phenoxy) is 2. The number of carbonyl (C=O) groups excluding carboxylic acids is 2. The molecule has 11 nitrogen and oxygen atoms in total. The highest BCUT2D eigenvalue weighted by Crippen LogP contribution is 2.34. The Kier molecular flexibility index (Phi) is 5.30. The second-order valence-electron chi connectivity index (χ2n) is 5.97. The highest BCUT2D eigenvalue weighted by Gasteiger charge is 2.17. The van der Waals surface area contributed by atoms with Gasteiger partial charge in [0, 0.05) is 11.8 Å². The van der Waals surface area contributed by atoms with E-state index in [0.717, 1.165) is 11.8 Å². The van der Waals surface area contributed by atoms with E-state index in [-0.39, 0.29) is 40.9 Å². The highest BCUT2D eigenvalue weighted by atomic mass is 32.2. The van der Waals surface area contributed by atoms with Crippen molar-refractivity contribution in [3.63, 3.8) is 0 Å². The fraction of sp³-hybridized carbons (Fsp3) is 0.111. The van der Waals surface area contributed by atoms with Crippen molar-refractivity contribution in [2.24, 2.45) is 0 Å². The number of anilines is 3. The third kappa shape index (κ3) is 4.22. The summed E-state index contributed by atoms with van der Waals surface area (Å²) < 4.78 is 15.4. The second-order valence-corrected chi connectivity index (χ2v) is 6.93. The summed E-state index contributed by atoms with van der Waals surface area (Å²) in [6.45, 7) is 0.140. The van der Waals surface area contributed by atoms with Crippen molar-refractivity contribution in [2.45, 2.75) is 5.16 Å². The molecule has 0 unspecified atom stereocenters. The summed E-state index contributed by atoms with van der Waals surface area (Å²) in [5.74, 6) is 0.00221. The molecule has 5 N–H and O–H groups in total. The van der Waals surface area contributed by atoms with Gasteiger partial charge in [-0.25, -0.2) is 4.98 Å². The number of furan rings is 1. The molecule has 30 heavy (non-hydrogen) atoms. The fourth-order valence-electron chi connectivity index (χ4n) is 2.55. The van der Waals surface area contributed by atoms with Crippen LogP contribution in [-0.4, -0.2) is 34.3 Å². The molecular formula is C18H15N5O6S. The van der Waals surface area contributed by atoms with Gasteiger partial charge in [0.1, 0.15) is 0 Å². The van der Waals surface area contributed by atoms with Gasteiger partial charge in [0.05, 0.1) is 12.0 Å². The first-order chi connectivity index (χ1) is 14.5. The Hall–Kier alpha value is -3.93. The monoisotopic (exact) mass is 429 g/mol. The van der Waals surface area contributed by atoms with Gasteiger partial charge < -0.3 is 30.3 Å². The molecule has 2 aromatic heterocycles. The Morgan fingerprint density at radius 1 is 1.20 bits per heavy atom. The van der Waals surface area contributed by atoms with Crippen LogP contribution in [0.2, 0.25) is 0 Å². The number of nitrogens with zero attached hydrogens (tertiary/aromatic N) is 1. The van der Waals surface area contributed by atoms with Crippen molar-refractivity contribution in [3.05, 3.63) is 52.7 Å². The number of aromatic amines is 1. The molecule has 1 aromatic carbocycles. The van der Waals surface area contributed by atoms with Crippen molar-refractivity contribution in [2.75, 3.05) is 28.9 Å². The summed E-state index contributed by atoms with van der Waals surface area (Å²) in [5, 5.41) is 5.20. The van der Waals surface area contributed by atoms with Gasteiger partial charge in [-0.2, -0.15) is 0 Å². The van der Waals surface area contributed by atoms with E-state index in [1.54, 1.807) is 18.2 Å². The molecule has 154 valence electrons. The number of thioether (sulfide) groups is 1. The number of benzene rings is 1. The zero-order valence-corrected chi connectivity index (χ0v) is 16.1. The molecule has 0 atom stereocenters. The smallest absolute Gasteiger partial charge is 0.291 e. The van der Waals surface area contributed by atoms with Crippen LogP contribution >= 0.6 is 11.8 Å². The number of rotatable bonds is 6. The molecule has 0 fully saturated rings. The predicted octanol–water partition coefficient (Wildman–Crippen LogP) is 1.66. The van der Waals surface area contributed by atoms with Gasteiger partial charge in [0.25, 0.3) is 11.5 Å². The molecule has 0 saturated heterocycles. The lowest BCUT2D eigenvalue weighted by atomic mass is 10.3. The minimum atomic E-state index is -0.652. The first-order valence-corrected chi connectivity index (χ1v) is 9.55. The van der Waals surface area contributed by atoms with E-state index in [1.165, 1.54) is 18.4 Å². The van der Waals surface area contributed by atoms with E-state index in [1.807, 2.05) is 0 Å². The Labute approximate surface area is 173 Å². The quantitative estimate of drug-likeness (QED) is 0.337. The van der Waals surface area contributed by atoms with Crippen LogP contribution in [0.25, 0.3) is 0 Å². The van der Waals surface area contributed by atoms with Crippen LogP contribution in [-0.2, 0) is 4.79 Å². The SMILES string of the molecule is Nc1nc(SCC(=O)Nc2ccc3c(c2)OCO3)[nH]c(=O)c1NC(=O)c1ccco1. The van der Waals surface area contributed by atoms with Crippen molar-refractivity contribution < 1.29 is 23.5 Å². The number of hydrogen-bond acceptors (Lipinski definition) is 9. The number of H-pyrrole nitrogens is 1. The summed E-state index contributed by atoms with van der Waals surface area (Å²) in [7, 11) is 0. The molecule has 0 aliphatic carbocycles. The normalized spacial score (nSPS) is 11.9. The largest absolute Gasteiger partial charge is 0.459 e. The van der Waals surface area contributed by atoms with Gasteiger partial charge in [-0.1, -0.05) is 11.8 Å². The highest BCUT2D eigenvalue weighted by molar-refractivity contribution is 7.99. The lowest BCUT2D eigenvalue weighted by Gasteiger charge is -2.08. The van der Waals surface area contributed by atoms with Crippen molar-refractivity contribution >= 4 is 40.8 Å². The molecule has 0 radical (unpaired) electrons. The maximum absolute atomic E-state index is 12.2. The minimum Gasteiger partial charge on any atom is -0.459 e. The third-order valence-corrected chi connectivity index (χ3v) is 4.78. The number of amides is 2. The summed E-state index contributed by atoms with van der Waals surface area (Å²) in [4.78, 5) is 42.9. The molecule has 0 bridgehead atoms. The summed E-state index contributed by atoms with van der Waals surface area (Å²) in [6.07, 6.45) is 1.33. The Bertz CT molecular complexity index is 1160. The molecule has 3 heterocycles. The third-order valence-electron chi connectivity index (χ3n) is 3.91. The van der Waals surface area contributed by atoms with E-state index in [9.17, 15) is 14.4 Å². The van der Waals surface area contributed by atoms with E-state index < -0.39 is 11.5 Å². The van der Waals surface area contributed by atoms with Gasteiger partial charge in [0.15, 0.2) is 33.9 Å². The van der Waals surface area contributed by atoms with Crippen molar-refractivity contribution in [1.29, 1.82) is 0 Å². The summed E-state index contributed by atoms with van der Waals surface area (Å²) >= 11 is 0.981. The number of aromatic nitrogens is 2. The van der Waals surface area contributed by atoms with Crippen LogP contribution in [0, 0.1) is 0 Å². The molecule has 1 aliphatic rings. The minimum absolute atomic E-state index is 0.0208. The topological polar surface area (TPSA) is 162 Å². The second kappa shape index (κ2) is 8.21. The van der Waals surface area contributed by atoms with Crippen LogP contribution in [0.4, 0.5) is 17.2 Å². The molecule has 12 heteroatoms. The van der Waals surface area contributed by atoms with Crippen LogP contribution in [0.15, 0.2) is 51.0 Å². The summed E-state index contributed by atoms with van der Waals surface area (Å²) in [5.41, 5.74) is 5.48. The van der Waals surface area contributed by atoms with Crippen molar-refractivity contribution in [1.82, 2.24) is 9.97 Å². The zero-order valence-electron chi connectivity index (χ0n) is 15.3. The number of nitrogen functional groups attached to an aromatic ring is 1. The molecule has 4 rings (SSSR count). The maximum Gasteiger partial charge on any atom is 0.291 e. The molecule has 1 aliphatic heterocycles. The van der Waals surface area contributed by atoms with E-state index in [2.05, 4.69) is 20.6 Å². The van der Waals surface area contributed by atoms with Crippen LogP contribution in [0.5, 0.6) is 11.5 Å². The number of fused-ring (bicyclic) bond motifs is 1. The van der Waals surface area contributed by atoms with E-state index in [4.69, 9.17) is 19.6 Å². The first kappa shape index (κ1) is 19.4. The average molecular weight is 429 g/mol. The van der Waals surface area contributed by atoms with Gasteiger partial charge in [-0.15, -0.1) is 0 Å². The van der Waals surface area contributed by atoms with Crippen LogP contribution in [0.1, 0.15) is 10.6 Å². The average Bonchev–Trinajstić information content (AvgIpc) is 3.40. The number of nitrogens with two attached hydrogens (primary N) is 1. The standard InChI is InChI=1S/C18H15N5O6S/c19-15-14(21-16(25)11-2-1-5-27-11)17(26)23-18(22-15)30-7-13(24)20-9-3-4-10-12(6-9)29-8-28-10/h1-6H,7-8H2,(H,20,24)(H,21,25)(H3,19,22,23,26). The molecular weight excluding hydrogens is 414 g/mol. The first-order valence-electron chi connectivity index (χ1n) is 8.56. The Balaban J connectivity index is 1.37. The zero-order chi connectivity index (χ0) is 21.1. The number of nitrogens with one attached hydrogen (secondary N) is 3. The number of hydrogen-bond donors (Lipinski definition) is 4. The molecule has 0 spiro atoms. The lowest BCUT2D eigenvalue weighted by Crippen LogP contribution is -2.23. The van der Waals surface area contributed by atoms with E-state index >= 15 is 0 Å². The lowest BCUT2D eigenvalue weighted by molar-refractivity contribution is -0.113. The van der Waals surface area contributed by atoms with Crippen molar-refractivity contribution in [3.8, 4) is 11.5 Å². The fourth-order valence-corrected chi connectivity index (χ4v) is 3.21. The summed E-state index contributed by atoms with van der Waals surface area (Å²) in [6, 6.07) is 8.01. The van der Waals surface area contributed by atoms with Gasteiger partial charge >= 0.3 is 0 Å². The predicted molar refractivity (Wildman–Crippen MR) is 108 cm³/mol. The Morgan fingerprint density at radius 2 is 2.03 bits per heavy atom. The van der Waals surface area contributed by atoms with Gasteiger partial charge in [-0.3, -0.25) is 19.4 Å². The van der Waals surface area contributed by atoms with Crippen LogP contribution in [0.3, 0.4) is 0 Å². The molecule has 2 amide bonds. The van der Waals surface area contributed by atoms with Crippen LogP contribution < -0.4 is 31.4 Å². The molecule has 3 aromatic rings. The van der Waals surface area contributed by atoms with Gasteiger partial charge in [0.2, 0.25) is 12.7 Å². The van der Waals surface area contributed by atoms with Gasteiger partial charge in [-0.05, 0) is 24.3 Å². The van der Waals surface area contributed by atoms with E-state index in [0.29, 0.717) is 17.2 Å².